The highest BCUT2D eigenvalue weighted by Gasteiger charge is 2.12. The average molecular weight is 457 g/mol. The first kappa shape index (κ1) is 31.9. The molecule has 0 rings (SSSR count). The van der Waals surface area contributed by atoms with Crippen LogP contribution in [0.25, 0.3) is 0 Å². The van der Waals surface area contributed by atoms with E-state index in [-0.39, 0.29) is 6.10 Å². The van der Waals surface area contributed by atoms with Crippen LogP contribution in [0.5, 0.6) is 0 Å². The predicted molar refractivity (Wildman–Crippen MR) is 141 cm³/mol. The molecule has 194 valence electrons. The van der Waals surface area contributed by atoms with E-state index >= 15 is 0 Å². The number of unbranched alkanes of at least 4 members (excludes halogenated alkanes) is 13. The second-order valence-electron chi connectivity index (χ2n) is 9.76. The van der Waals surface area contributed by atoms with Crippen LogP contribution in [0.1, 0.15) is 143 Å². The summed E-state index contributed by atoms with van der Waals surface area (Å²) in [5, 5.41) is 0. The van der Waals surface area contributed by atoms with E-state index in [9.17, 15) is 0 Å². The molecule has 0 aromatic carbocycles. The Morgan fingerprint density at radius 1 is 0.469 bits per heavy atom. The van der Waals surface area contributed by atoms with Gasteiger partial charge in [-0.05, 0) is 25.2 Å². The summed E-state index contributed by atoms with van der Waals surface area (Å²) >= 11 is 0. The third kappa shape index (κ3) is 23.1. The Kier molecular flexibility index (Phi) is 27.0. The van der Waals surface area contributed by atoms with Gasteiger partial charge in [-0.3, -0.25) is 0 Å². The molecule has 2 atom stereocenters. The van der Waals surface area contributed by atoms with E-state index in [0.717, 1.165) is 32.7 Å². The topological polar surface area (TPSA) is 27.7 Å². The summed E-state index contributed by atoms with van der Waals surface area (Å²) in [4.78, 5) is 0. The highest BCUT2D eigenvalue weighted by Crippen LogP contribution is 2.14. The van der Waals surface area contributed by atoms with Crippen molar-refractivity contribution in [2.45, 2.75) is 149 Å². The van der Waals surface area contributed by atoms with E-state index in [2.05, 4.69) is 27.7 Å². The van der Waals surface area contributed by atoms with Crippen LogP contribution < -0.4 is 0 Å². The largest absolute Gasteiger partial charge is 0.379 e. The van der Waals surface area contributed by atoms with Crippen LogP contribution in [0, 0.1) is 5.92 Å². The van der Waals surface area contributed by atoms with Crippen LogP contribution in [0.3, 0.4) is 0 Å². The van der Waals surface area contributed by atoms with Crippen LogP contribution >= 0.6 is 0 Å². The third-order valence-electron chi connectivity index (χ3n) is 6.50. The quantitative estimate of drug-likeness (QED) is 0.115. The van der Waals surface area contributed by atoms with Crippen LogP contribution in [-0.4, -0.2) is 39.1 Å². The second kappa shape index (κ2) is 27.1. The van der Waals surface area contributed by atoms with E-state index in [0.29, 0.717) is 19.1 Å². The van der Waals surface area contributed by atoms with Gasteiger partial charge in [0, 0.05) is 19.8 Å². The van der Waals surface area contributed by atoms with E-state index in [1.54, 1.807) is 0 Å². The normalized spacial score (nSPS) is 13.5. The SMILES string of the molecule is CCCCCCCCCCCCCCOC(COCCCC)COCC(CC)CCCC. The molecule has 0 aliphatic heterocycles. The van der Waals surface area contributed by atoms with Gasteiger partial charge in [0.05, 0.1) is 13.2 Å². The summed E-state index contributed by atoms with van der Waals surface area (Å²) in [6.07, 6.45) is 24.0. The van der Waals surface area contributed by atoms with Crippen LogP contribution in [0.4, 0.5) is 0 Å². The molecule has 0 saturated carbocycles. The van der Waals surface area contributed by atoms with Crippen LogP contribution in [-0.2, 0) is 14.2 Å². The number of rotatable bonds is 27. The van der Waals surface area contributed by atoms with Crippen molar-refractivity contribution in [2.24, 2.45) is 5.92 Å². The van der Waals surface area contributed by atoms with Crippen molar-refractivity contribution >= 4 is 0 Å². The molecule has 0 radical (unpaired) electrons. The summed E-state index contributed by atoms with van der Waals surface area (Å²) in [5.74, 6) is 0.688. The molecule has 3 heteroatoms. The lowest BCUT2D eigenvalue weighted by Gasteiger charge is -2.20. The highest BCUT2D eigenvalue weighted by atomic mass is 16.6. The fourth-order valence-corrected chi connectivity index (χ4v) is 4.06. The number of hydrogen-bond acceptors (Lipinski definition) is 3. The summed E-state index contributed by atoms with van der Waals surface area (Å²) in [7, 11) is 0. The molecule has 0 aliphatic carbocycles. The Labute approximate surface area is 202 Å². The van der Waals surface area contributed by atoms with Crippen molar-refractivity contribution in [3.63, 3.8) is 0 Å². The maximum atomic E-state index is 6.16. The predicted octanol–water partition coefficient (Wildman–Crippen LogP) is 9.12. The van der Waals surface area contributed by atoms with Crippen LogP contribution in [0.15, 0.2) is 0 Å². The van der Waals surface area contributed by atoms with Crippen molar-refractivity contribution in [1.29, 1.82) is 0 Å². The van der Waals surface area contributed by atoms with Gasteiger partial charge in [-0.15, -0.1) is 0 Å². The second-order valence-corrected chi connectivity index (χ2v) is 9.76. The molecular weight excluding hydrogens is 396 g/mol. The molecule has 0 aromatic rings. The molecule has 0 N–H and O–H groups in total. The minimum Gasteiger partial charge on any atom is -0.379 e. The van der Waals surface area contributed by atoms with Gasteiger partial charge in [-0.2, -0.15) is 0 Å². The van der Waals surface area contributed by atoms with Crippen LogP contribution in [0.2, 0.25) is 0 Å². The standard InChI is InChI=1S/C29H60O3/c1-5-9-12-13-14-15-16-17-18-19-20-21-24-32-29(26-30-23-11-7-3)27-31-25-28(8-4)22-10-6-2/h28-29H,5-27H2,1-4H3. The fourth-order valence-electron chi connectivity index (χ4n) is 4.06. The summed E-state index contributed by atoms with van der Waals surface area (Å²) < 4.78 is 18.1. The van der Waals surface area contributed by atoms with Crippen molar-refractivity contribution in [3.8, 4) is 0 Å². The molecule has 0 bridgehead atoms. The van der Waals surface area contributed by atoms with E-state index in [1.807, 2.05) is 0 Å². The Hall–Kier alpha value is -0.120. The molecule has 0 spiro atoms. The van der Waals surface area contributed by atoms with Gasteiger partial charge in [0.2, 0.25) is 0 Å². The van der Waals surface area contributed by atoms with Gasteiger partial charge in [0.25, 0.3) is 0 Å². The minimum atomic E-state index is 0.0863. The Bertz CT molecular complexity index is 334. The maximum absolute atomic E-state index is 6.16. The first-order valence-electron chi connectivity index (χ1n) is 14.5. The molecule has 0 aromatic heterocycles. The van der Waals surface area contributed by atoms with Crippen molar-refractivity contribution in [3.05, 3.63) is 0 Å². The molecular formula is C29H60O3. The van der Waals surface area contributed by atoms with E-state index in [4.69, 9.17) is 14.2 Å². The molecule has 3 nitrogen and oxygen atoms in total. The molecule has 0 saturated heterocycles. The van der Waals surface area contributed by atoms with Gasteiger partial charge in [0.15, 0.2) is 0 Å². The molecule has 0 fully saturated rings. The molecule has 0 aliphatic rings. The Morgan fingerprint density at radius 3 is 1.56 bits per heavy atom. The fraction of sp³-hybridized carbons (Fsp3) is 1.00. The van der Waals surface area contributed by atoms with Gasteiger partial charge in [-0.25, -0.2) is 0 Å². The lowest BCUT2D eigenvalue weighted by Crippen LogP contribution is -2.27. The summed E-state index contributed by atoms with van der Waals surface area (Å²) in [6.45, 7) is 12.9. The lowest BCUT2D eigenvalue weighted by atomic mass is 10.0. The van der Waals surface area contributed by atoms with E-state index in [1.165, 1.54) is 103 Å². The number of ether oxygens (including phenoxy) is 3. The van der Waals surface area contributed by atoms with Crippen molar-refractivity contribution in [2.75, 3.05) is 33.0 Å². The zero-order chi connectivity index (χ0) is 23.5. The highest BCUT2D eigenvalue weighted by molar-refractivity contribution is 4.60. The zero-order valence-electron chi connectivity index (χ0n) is 22.6. The monoisotopic (exact) mass is 456 g/mol. The first-order valence-corrected chi connectivity index (χ1v) is 14.5. The van der Waals surface area contributed by atoms with Gasteiger partial charge in [0.1, 0.15) is 6.10 Å². The molecule has 0 heterocycles. The Morgan fingerprint density at radius 2 is 1.00 bits per heavy atom. The molecule has 32 heavy (non-hydrogen) atoms. The zero-order valence-corrected chi connectivity index (χ0v) is 22.6. The number of hydrogen-bond donors (Lipinski definition) is 0. The van der Waals surface area contributed by atoms with Gasteiger partial charge < -0.3 is 14.2 Å². The average Bonchev–Trinajstić information content (AvgIpc) is 2.81. The summed E-state index contributed by atoms with van der Waals surface area (Å²) in [6, 6.07) is 0. The molecule has 0 amide bonds. The third-order valence-corrected chi connectivity index (χ3v) is 6.50. The van der Waals surface area contributed by atoms with Crippen molar-refractivity contribution < 1.29 is 14.2 Å². The smallest absolute Gasteiger partial charge is 0.104 e. The van der Waals surface area contributed by atoms with E-state index < -0.39 is 0 Å². The van der Waals surface area contributed by atoms with Gasteiger partial charge in [-0.1, -0.05) is 124 Å². The Balaban J connectivity index is 3.80. The minimum absolute atomic E-state index is 0.0863. The first-order chi connectivity index (χ1) is 15.8. The summed E-state index contributed by atoms with van der Waals surface area (Å²) in [5.41, 5.74) is 0. The lowest BCUT2D eigenvalue weighted by molar-refractivity contribution is -0.0662. The maximum Gasteiger partial charge on any atom is 0.104 e. The van der Waals surface area contributed by atoms with Gasteiger partial charge >= 0.3 is 0 Å². The van der Waals surface area contributed by atoms with Crippen molar-refractivity contribution in [1.82, 2.24) is 0 Å². The molecule has 2 unspecified atom stereocenters.